The maximum Gasteiger partial charge on any atom is 0.387 e. The zero-order chi connectivity index (χ0) is 24.9. The van der Waals surface area contributed by atoms with E-state index in [1.807, 2.05) is 0 Å². The van der Waals surface area contributed by atoms with E-state index in [0.717, 1.165) is 10.9 Å². The van der Waals surface area contributed by atoms with Gasteiger partial charge in [-0.15, -0.1) is 11.3 Å². The van der Waals surface area contributed by atoms with E-state index in [2.05, 4.69) is 14.5 Å². The topological polar surface area (TPSA) is 60.9 Å². The third kappa shape index (κ3) is 7.08. The number of thiazole rings is 1. The second-order valence-electron chi connectivity index (χ2n) is 7.99. The lowest BCUT2D eigenvalue weighted by atomic mass is 10.1. The fourth-order valence-corrected chi connectivity index (χ4v) is 3.55. The van der Waals surface area contributed by atoms with Crippen LogP contribution in [0.5, 0.6) is 11.5 Å². The van der Waals surface area contributed by atoms with Crippen LogP contribution < -0.4 is 14.4 Å². The highest BCUT2D eigenvalue weighted by Crippen LogP contribution is 2.37. The number of benzene rings is 2. The van der Waals surface area contributed by atoms with E-state index >= 15 is 0 Å². The Hall–Kier alpha value is -3.34. The molecule has 0 aliphatic heterocycles. The Kier molecular flexibility index (Phi) is 7.98. The summed E-state index contributed by atoms with van der Waals surface area (Å²) in [6.45, 7) is -0.874. The number of esters is 1. The van der Waals surface area contributed by atoms with Crippen LogP contribution in [0.3, 0.4) is 0 Å². The number of carbonyl (C=O) groups excluding carboxylic acids is 1. The van der Waals surface area contributed by atoms with Crippen LogP contribution in [0.4, 0.5) is 28.9 Å². The zero-order valence-electron chi connectivity index (χ0n) is 18.5. The summed E-state index contributed by atoms with van der Waals surface area (Å²) in [6, 6.07) is 10.2. The number of carbonyl (C=O) groups is 1. The third-order valence-electron chi connectivity index (χ3n) is 4.28. The van der Waals surface area contributed by atoms with Crippen molar-refractivity contribution in [1.82, 2.24) is 4.98 Å². The van der Waals surface area contributed by atoms with Gasteiger partial charge in [0.25, 0.3) is 0 Å². The van der Waals surface area contributed by atoms with Crippen LogP contribution in [0.1, 0.15) is 36.0 Å². The molecule has 182 valence electrons. The lowest BCUT2D eigenvalue weighted by molar-refractivity contribution is -0.0692. The minimum Gasteiger partial charge on any atom is -0.456 e. The van der Waals surface area contributed by atoms with Crippen molar-refractivity contribution >= 4 is 28.7 Å². The first-order chi connectivity index (χ1) is 16.0. The number of nitrogens with zero attached hydrogens (tertiary/aromatic N) is 2. The predicted molar refractivity (Wildman–Crippen MR) is 119 cm³/mol. The van der Waals surface area contributed by atoms with Gasteiger partial charge in [-0.05, 0) is 57.2 Å². The molecule has 1 heterocycles. The molecular formula is C23H22F4N2O4S. The smallest absolute Gasteiger partial charge is 0.387 e. The van der Waals surface area contributed by atoms with E-state index in [1.165, 1.54) is 23.5 Å². The van der Waals surface area contributed by atoms with Crippen LogP contribution in [-0.4, -0.2) is 29.8 Å². The molecule has 0 spiro atoms. The van der Waals surface area contributed by atoms with Crippen LogP contribution in [-0.2, 0) is 11.3 Å². The van der Waals surface area contributed by atoms with E-state index in [1.54, 1.807) is 61.6 Å². The normalized spacial score (nSPS) is 11.6. The van der Waals surface area contributed by atoms with Crippen molar-refractivity contribution in [3.63, 3.8) is 0 Å². The number of halogens is 4. The Morgan fingerprint density at radius 3 is 2.15 bits per heavy atom. The van der Waals surface area contributed by atoms with Gasteiger partial charge in [-0.3, -0.25) is 4.98 Å². The predicted octanol–water partition coefficient (Wildman–Crippen LogP) is 6.64. The summed E-state index contributed by atoms with van der Waals surface area (Å²) in [5.41, 5.74) is 2.29. The average Bonchev–Trinajstić information content (AvgIpc) is 3.25. The summed E-state index contributed by atoms with van der Waals surface area (Å²) in [7, 11) is 0. The molecule has 0 saturated carbocycles. The van der Waals surface area contributed by atoms with E-state index in [-0.39, 0.29) is 0 Å². The summed E-state index contributed by atoms with van der Waals surface area (Å²) in [4.78, 5) is 19.0. The summed E-state index contributed by atoms with van der Waals surface area (Å²) < 4.78 is 65.3. The van der Waals surface area contributed by atoms with Crippen molar-refractivity contribution < 1.29 is 36.6 Å². The van der Waals surface area contributed by atoms with Gasteiger partial charge in [0.15, 0.2) is 11.5 Å². The molecule has 0 amide bonds. The van der Waals surface area contributed by atoms with Crippen LogP contribution in [0.15, 0.2) is 54.2 Å². The number of hydrogen-bond acceptors (Lipinski definition) is 7. The van der Waals surface area contributed by atoms with Crippen molar-refractivity contribution in [3.05, 3.63) is 64.6 Å². The molecular weight excluding hydrogens is 476 g/mol. The summed E-state index contributed by atoms with van der Waals surface area (Å²) in [5, 5.41) is 0. The van der Waals surface area contributed by atoms with Gasteiger partial charge in [-0.2, -0.15) is 17.6 Å². The van der Waals surface area contributed by atoms with Gasteiger partial charge in [0, 0.05) is 28.5 Å². The standard InChI is InChI=1S/C23H22F4N2O4S/c1-23(2,3)33-20(30)14-4-6-15(7-5-14)29(12-17-11-28-13-34-17)16-8-9-18(31-21(24)25)19(10-16)32-22(26)27/h4-11,13,21-22H,12H2,1-3H3. The molecule has 0 unspecified atom stereocenters. The van der Waals surface area contributed by atoms with Crippen molar-refractivity contribution in [1.29, 1.82) is 0 Å². The van der Waals surface area contributed by atoms with Gasteiger partial charge in [0.05, 0.1) is 17.6 Å². The van der Waals surface area contributed by atoms with Crippen LogP contribution >= 0.6 is 11.3 Å². The summed E-state index contributed by atoms with van der Waals surface area (Å²) in [6.07, 6.45) is 1.65. The first-order valence-corrected chi connectivity index (χ1v) is 10.9. The van der Waals surface area contributed by atoms with Gasteiger partial charge in [0.2, 0.25) is 0 Å². The van der Waals surface area contributed by atoms with Crippen LogP contribution in [0.25, 0.3) is 0 Å². The summed E-state index contributed by atoms with van der Waals surface area (Å²) in [5.74, 6) is -1.54. The minimum absolute atomic E-state index is 0.291. The number of rotatable bonds is 9. The van der Waals surface area contributed by atoms with Crippen molar-refractivity contribution in [2.75, 3.05) is 4.90 Å². The lowest BCUT2D eigenvalue weighted by Crippen LogP contribution is -2.24. The SMILES string of the molecule is CC(C)(C)OC(=O)c1ccc(N(Cc2cncs2)c2ccc(OC(F)F)c(OC(F)F)c2)cc1. The molecule has 3 rings (SSSR count). The second-order valence-corrected chi connectivity index (χ2v) is 8.96. The molecule has 0 atom stereocenters. The molecule has 0 saturated heterocycles. The Labute approximate surface area is 197 Å². The molecule has 2 aromatic carbocycles. The van der Waals surface area contributed by atoms with E-state index in [0.29, 0.717) is 23.5 Å². The highest BCUT2D eigenvalue weighted by Gasteiger charge is 2.21. The third-order valence-corrected chi connectivity index (χ3v) is 5.05. The molecule has 0 radical (unpaired) electrons. The minimum atomic E-state index is -3.24. The lowest BCUT2D eigenvalue weighted by Gasteiger charge is -2.26. The number of aromatic nitrogens is 1. The largest absolute Gasteiger partial charge is 0.456 e. The molecule has 11 heteroatoms. The summed E-state index contributed by atoms with van der Waals surface area (Å²) >= 11 is 1.38. The molecule has 0 bridgehead atoms. The first kappa shape index (κ1) is 25.3. The quantitative estimate of drug-likeness (QED) is 0.244. The van der Waals surface area contributed by atoms with Gasteiger partial charge in [-0.1, -0.05) is 0 Å². The van der Waals surface area contributed by atoms with Crippen molar-refractivity contribution in [2.45, 2.75) is 46.1 Å². The number of ether oxygens (including phenoxy) is 3. The van der Waals surface area contributed by atoms with E-state index < -0.39 is 36.3 Å². The zero-order valence-corrected chi connectivity index (χ0v) is 19.3. The van der Waals surface area contributed by atoms with Gasteiger partial charge >= 0.3 is 19.2 Å². The number of anilines is 2. The molecule has 0 aliphatic rings. The monoisotopic (exact) mass is 498 g/mol. The number of alkyl halides is 4. The van der Waals surface area contributed by atoms with E-state index in [4.69, 9.17) is 4.74 Å². The highest BCUT2D eigenvalue weighted by molar-refractivity contribution is 7.09. The molecule has 3 aromatic rings. The maximum atomic E-state index is 12.9. The maximum absolute atomic E-state index is 12.9. The van der Waals surface area contributed by atoms with E-state index in [9.17, 15) is 22.4 Å². The molecule has 0 N–H and O–H groups in total. The highest BCUT2D eigenvalue weighted by atomic mass is 32.1. The van der Waals surface area contributed by atoms with Crippen molar-refractivity contribution in [3.8, 4) is 11.5 Å². The Morgan fingerprint density at radius 1 is 0.971 bits per heavy atom. The second kappa shape index (κ2) is 10.7. The average molecular weight is 498 g/mol. The Balaban J connectivity index is 1.97. The molecule has 6 nitrogen and oxygen atoms in total. The Bertz CT molecular complexity index is 1090. The Morgan fingerprint density at radius 2 is 1.59 bits per heavy atom. The van der Waals surface area contributed by atoms with Gasteiger partial charge in [-0.25, -0.2) is 4.79 Å². The van der Waals surface area contributed by atoms with Crippen LogP contribution in [0.2, 0.25) is 0 Å². The number of hydrogen-bond donors (Lipinski definition) is 0. The molecule has 1 aromatic heterocycles. The molecule has 34 heavy (non-hydrogen) atoms. The van der Waals surface area contributed by atoms with Gasteiger partial charge in [0.1, 0.15) is 5.60 Å². The fraction of sp³-hybridized carbons (Fsp3) is 0.304. The first-order valence-electron chi connectivity index (χ1n) is 10.0. The fourth-order valence-electron chi connectivity index (χ4n) is 2.97. The molecule has 0 aliphatic carbocycles. The van der Waals surface area contributed by atoms with Gasteiger partial charge < -0.3 is 19.1 Å². The molecule has 0 fully saturated rings. The van der Waals surface area contributed by atoms with Crippen LogP contribution in [0, 0.1) is 0 Å². The van der Waals surface area contributed by atoms with Crippen molar-refractivity contribution in [2.24, 2.45) is 0 Å².